The van der Waals surface area contributed by atoms with Crippen LogP contribution in [0.25, 0.3) is 22.0 Å². The van der Waals surface area contributed by atoms with Crippen LogP contribution in [-0.4, -0.2) is 47.4 Å². The molecule has 4 aromatic rings. The Bertz CT molecular complexity index is 1340. The number of pyridine rings is 1. The highest BCUT2D eigenvalue weighted by Gasteiger charge is 2.23. The van der Waals surface area contributed by atoms with Crippen LogP contribution in [0.5, 0.6) is 0 Å². The van der Waals surface area contributed by atoms with Crippen LogP contribution in [-0.2, 0) is 4.74 Å². The molecule has 8 heteroatoms. The van der Waals surface area contributed by atoms with E-state index in [0.29, 0.717) is 48.9 Å². The highest BCUT2D eigenvalue weighted by molar-refractivity contribution is 6.00. The lowest BCUT2D eigenvalue weighted by Gasteiger charge is -2.29. The number of morpholine rings is 1. The van der Waals surface area contributed by atoms with Crippen molar-refractivity contribution in [2.24, 2.45) is 0 Å². The number of aromatic nitrogens is 3. The topological polar surface area (TPSA) is 80.2 Å². The summed E-state index contributed by atoms with van der Waals surface area (Å²) >= 11 is 0. The van der Waals surface area contributed by atoms with E-state index in [4.69, 9.17) is 4.74 Å². The van der Waals surface area contributed by atoms with Gasteiger partial charge in [-0.2, -0.15) is 0 Å². The molecular formula is C26H24FN5O2. The number of benzene rings is 2. The molecule has 0 radical (unpaired) electrons. The minimum atomic E-state index is -0.479. The van der Waals surface area contributed by atoms with Crippen LogP contribution in [0.15, 0.2) is 67.0 Å². The van der Waals surface area contributed by atoms with Crippen molar-refractivity contribution in [2.45, 2.75) is 13.0 Å². The minimum absolute atomic E-state index is 0.234. The van der Waals surface area contributed by atoms with Gasteiger partial charge in [-0.05, 0) is 41.5 Å². The van der Waals surface area contributed by atoms with Crippen LogP contribution in [0, 0.1) is 5.82 Å². The van der Waals surface area contributed by atoms with Gasteiger partial charge < -0.3 is 15.0 Å². The van der Waals surface area contributed by atoms with E-state index in [1.165, 1.54) is 12.3 Å². The average Bonchev–Trinajstić information content (AvgIpc) is 2.88. The molecule has 7 nitrogen and oxygen atoms in total. The lowest BCUT2D eigenvalue weighted by Crippen LogP contribution is -2.39. The Morgan fingerprint density at radius 2 is 1.82 bits per heavy atom. The zero-order valence-corrected chi connectivity index (χ0v) is 18.7. The summed E-state index contributed by atoms with van der Waals surface area (Å²) in [6.45, 7) is 4.26. The first-order chi connectivity index (χ1) is 16.6. The maximum atomic E-state index is 13.7. The summed E-state index contributed by atoms with van der Waals surface area (Å²) in [6, 6.07) is 17.0. The number of carbonyl (C=O) groups excluding carboxylic acids is 1. The maximum absolute atomic E-state index is 13.7. The van der Waals surface area contributed by atoms with Crippen molar-refractivity contribution in [3.05, 3.63) is 83.9 Å². The van der Waals surface area contributed by atoms with Gasteiger partial charge in [-0.3, -0.25) is 9.78 Å². The van der Waals surface area contributed by atoms with Crippen molar-refractivity contribution >= 4 is 22.5 Å². The van der Waals surface area contributed by atoms with E-state index in [-0.39, 0.29) is 11.9 Å². The maximum Gasteiger partial charge on any atom is 0.255 e. The van der Waals surface area contributed by atoms with Gasteiger partial charge in [0.25, 0.3) is 5.91 Å². The number of halogens is 1. The zero-order valence-electron chi connectivity index (χ0n) is 18.7. The number of rotatable bonds is 5. The molecule has 1 atom stereocenters. The molecule has 2 aromatic carbocycles. The van der Waals surface area contributed by atoms with Gasteiger partial charge in [0.05, 0.1) is 36.7 Å². The van der Waals surface area contributed by atoms with Gasteiger partial charge >= 0.3 is 0 Å². The number of nitrogens with zero attached hydrogens (tertiary/aromatic N) is 4. The fraction of sp³-hybridized carbons (Fsp3) is 0.231. The van der Waals surface area contributed by atoms with Crippen molar-refractivity contribution in [1.29, 1.82) is 0 Å². The molecule has 1 fully saturated rings. The summed E-state index contributed by atoms with van der Waals surface area (Å²) in [5.74, 6) is -0.269. The monoisotopic (exact) mass is 457 g/mol. The molecule has 5 rings (SSSR count). The standard InChI is InChI=1S/C26H24FN5O2/c1-17(19-7-6-18-4-2-3-5-20(18)12-19)29-26(33)23-14-24(21-13-22(27)16-28-15-21)30-31-25(23)32-8-10-34-11-9-32/h2-7,12-17H,8-11H2,1H3,(H,29,33). The van der Waals surface area contributed by atoms with Gasteiger partial charge in [0.15, 0.2) is 5.82 Å². The van der Waals surface area contributed by atoms with Crippen molar-refractivity contribution < 1.29 is 13.9 Å². The predicted octanol–water partition coefficient (Wildman–Crippen LogP) is 4.16. The number of fused-ring (bicyclic) bond motifs is 1. The Hall–Kier alpha value is -3.91. The third kappa shape index (κ3) is 4.58. The number of hydrogen-bond acceptors (Lipinski definition) is 6. The molecule has 2 aromatic heterocycles. The normalized spacial score (nSPS) is 14.7. The molecule has 172 valence electrons. The fourth-order valence-corrected chi connectivity index (χ4v) is 4.09. The Labute approximate surface area is 196 Å². The average molecular weight is 458 g/mol. The van der Waals surface area contributed by atoms with Gasteiger partial charge in [0, 0.05) is 24.8 Å². The van der Waals surface area contributed by atoms with E-state index in [0.717, 1.165) is 22.5 Å². The van der Waals surface area contributed by atoms with Gasteiger partial charge in [-0.25, -0.2) is 4.39 Å². The van der Waals surface area contributed by atoms with Crippen LogP contribution >= 0.6 is 0 Å². The molecule has 34 heavy (non-hydrogen) atoms. The van der Waals surface area contributed by atoms with Crippen LogP contribution in [0.3, 0.4) is 0 Å². The van der Waals surface area contributed by atoms with E-state index < -0.39 is 5.82 Å². The fourth-order valence-electron chi connectivity index (χ4n) is 4.09. The van der Waals surface area contributed by atoms with E-state index in [1.54, 1.807) is 6.07 Å². The number of anilines is 1. The van der Waals surface area contributed by atoms with Crippen LogP contribution in [0.4, 0.5) is 10.2 Å². The van der Waals surface area contributed by atoms with E-state index in [2.05, 4.69) is 44.8 Å². The molecule has 1 saturated heterocycles. The van der Waals surface area contributed by atoms with Crippen molar-refractivity contribution in [3.8, 4) is 11.3 Å². The third-order valence-corrected chi connectivity index (χ3v) is 5.95. The van der Waals surface area contributed by atoms with Crippen LogP contribution in [0.2, 0.25) is 0 Å². The lowest BCUT2D eigenvalue weighted by atomic mass is 10.0. The van der Waals surface area contributed by atoms with Crippen LogP contribution < -0.4 is 10.2 Å². The first kappa shape index (κ1) is 21.9. The molecule has 1 unspecified atom stereocenters. The Morgan fingerprint density at radius 3 is 2.62 bits per heavy atom. The third-order valence-electron chi connectivity index (χ3n) is 5.95. The quantitative estimate of drug-likeness (QED) is 0.485. The van der Waals surface area contributed by atoms with E-state index >= 15 is 0 Å². The Morgan fingerprint density at radius 1 is 1.03 bits per heavy atom. The lowest BCUT2D eigenvalue weighted by molar-refractivity contribution is 0.0937. The number of carbonyl (C=O) groups is 1. The number of ether oxygens (including phenoxy) is 1. The smallest absolute Gasteiger partial charge is 0.255 e. The SMILES string of the molecule is CC(NC(=O)c1cc(-c2cncc(F)c2)nnc1N1CCOCC1)c1ccc2ccccc2c1. The highest BCUT2D eigenvalue weighted by atomic mass is 19.1. The molecular weight excluding hydrogens is 433 g/mol. The highest BCUT2D eigenvalue weighted by Crippen LogP contribution is 2.26. The summed E-state index contributed by atoms with van der Waals surface area (Å²) in [5, 5.41) is 14.0. The van der Waals surface area contributed by atoms with Crippen molar-refractivity contribution in [3.63, 3.8) is 0 Å². The first-order valence-corrected chi connectivity index (χ1v) is 11.2. The molecule has 0 spiro atoms. The summed E-state index contributed by atoms with van der Waals surface area (Å²) in [4.78, 5) is 19.4. The van der Waals surface area contributed by atoms with Crippen LogP contribution in [0.1, 0.15) is 28.9 Å². The predicted molar refractivity (Wildman–Crippen MR) is 128 cm³/mol. The number of amides is 1. The number of nitrogens with one attached hydrogen (secondary N) is 1. The second-order valence-electron chi connectivity index (χ2n) is 8.26. The molecule has 0 saturated carbocycles. The van der Waals surface area contributed by atoms with Gasteiger partial charge in [-0.1, -0.05) is 36.4 Å². The molecule has 1 amide bonds. The van der Waals surface area contributed by atoms with Gasteiger partial charge in [0.2, 0.25) is 0 Å². The summed E-state index contributed by atoms with van der Waals surface area (Å²) in [6.07, 6.45) is 2.62. The zero-order chi connectivity index (χ0) is 23.5. The first-order valence-electron chi connectivity index (χ1n) is 11.2. The molecule has 1 aliphatic heterocycles. The van der Waals surface area contributed by atoms with Gasteiger partial charge in [-0.15, -0.1) is 10.2 Å². The Kier molecular flexibility index (Phi) is 6.14. The second-order valence-corrected chi connectivity index (χ2v) is 8.26. The summed E-state index contributed by atoms with van der Waals surface area (Å²) in [7, 11) is 0. The minimum Gasteiger partial charge on any atom is -0.378 e. The molecule has 0 bridgehead atoms. The summed E-state index contributed by atoms with van der Waals surface area (Å²) in [5.41, 5.74) is 2.21. The largest absolute Gasteiger partial charge is 0.378 e. The summed E-state index contributed by atoms with van der Waals surface area (Å²) < 4.78 is 19.2. The Balaban J connectivity index is 1.47. The molecule has 1 N–H and O–H groups in total. The van der Waals surface area contributed by atoms with Crippen molar-refractivity contribution in [2.75, 3.05) is 31.2 Å². The van der Waals surface area contributed by atoms with Gasteiger partial charge in [0.1, 0.15) is 5.82 Å². The molecule has 3 heterocycles. The number of hydrogen-bond donors (Lipinski definition) is 1. The van der Waals surface area contributed by atoms with E-state index in [1.807, 2.05) is 30.0 Å². The molecule has 0 aliphatic carbocycles. The molecule has 1 aliphatic rings. The van der Waals surface area contributed by atoms with E-state index in [9.17, 15) is 9.18 Å². The van der Waals surface area contributed by atoms with Crippen molar-refractivity contribution in [1.82, 2.24) is 20.5 Å². The second kappa shape index (κ2) is 9.52.